The maximum Gasteiger partial charge on any atom is 0.326 e. The van der Waals surface area contributed by atoms with E-state index in [0.717, 1.165) is 10.9 Å². The fourth-order valence-electron chi connectivity index (χ4n) is 2.45. The molecular formula is C16H20N2O3. The SMILES string of the molecule is CC(C)CC(NC(=O)c1cn(C)c2ccccc12)C(=O)O. The molecule has 5 heteroatoms. The molecular weight excluding hydrogens is 268 g/mol. The van der Waals surface area contributed by atoms with Gasteiger partial charge in [-0.1, -0.05) is 32.0 Å². The van der Waals surface area contributed by atoms with Gasteiger partial charge in [-0.3, -0.25) is 4.79 Å². The largest absolute Gasteiger partial charge is 0.480 e. The van der Waals surface area contributed by atoms with Crippen LogP contribution in [0.15, 0.2) is 30.5 Å². The lowest BCUT2D eigenvalue weighted by molar-refractivity contribution is -0.139. The van der Waals surface area contributed by atoms with E-state index >= 15 is 0 Å². The number of nitrogens with zero attached hydrogens (tertiary/aromatic N) is 1. The predicted molar refractivity (Wildman–Crippen MR) is 81.3 cm³/mol. The van der Waals surface area contributed by atoms with Crippen LogP contribution in [-0.4, -0.2) is 27.6 Å². The van der Waals surface area contributed by atoms with E-state index in [2.05, 4.69) is 5.32 Å². The van der Waals surface area contributed by atoms with E-state index in [-0.39, 0.29) is 11.8 Å². The van der Waals surface area contributed by atoms with Crippen LogP contribution in [0, 0.1) is 5.92 Å². The van der Waals surface area contributed by atoms with Gasteiger partial charge in [-0.15, -0.1) is 0 Å². The molecule has 2 rings (SSSR count). The number of nitrogens with one attached hydrogen (secondary N) is 1. The quantitative estimate of drug-likeness (QED) is 0.887. The summed E-state index contributed by atoms with van der Waals surface area (Å²) in [6.45, 7) is 3.86. The molecule has 0 aliphatic carbocycles. The van der Waals surface area contributed by atoms with Crippen molar-refractivity contribution in [3.05, 3.63) is 36.0 Å². The van der Waals surface area contributed by atoms with Crippen LogP contribution in [0.2, 0.25) is 0 Å². The third-order valence-electron chi connectivity index (χ3n) is 3.45. The van der Waals surface area contributed by atoms with Crippen molar-refractivity contribution in [3.8, 4) is 0 Å². The highest BCUT2D eigenvalue weighted by molar-refractivity contribution is 6.07. The normalized spacial score (nSPS) is 12.6. The molecule has 0 saturated carbocycles. The molecule has 0 aliphatic heterocycles. The second kappa shape index (κ2) is 5.99. The van der Waals surface area contributed by atoms with Gasteiger partial charge >= 0.3 is 5.97 Å². The van der Waals surface area contributed by atoms with Crippen LogP contribution in [0.5, 0.6) is 0 Å². The van der Waals surface area contributed by atoms with Gasteiger partial charge in [0.05, 0.1) is 5.56 Å². The van der Waals surface area contributed by atoms with Crippen molar-refractivity contribution in [3.63, 3.8) is 0 Å². The number of fused-ring (bicyclic) bond motifs is 1. The van der Waals surface area contributed by atoms with Crippen LogP contribution in [0.25, 0.3) is 10.9 Å². The third-order valence-corrected chi connectivity index (χ3v) is 3.45. The summed E-state index contributed by atoms with van der Waals surface area (Å²) < 4.78 is 1.86. The number of carboxylic acids is 1. The van der Waals surface area contributed by atoms with Crippen LogP contribution in [0.3, 0.4) is 0 Å². The second-order valence-corrected chi connectivity index (χ2v) is 5.66. The van der Waals surface area contributed by atoms with Crippen molar-refractivity contribution in [1.82, 2.24) is 9.88 Å². The third kappa shape index (κ3) is 3.24. The molecule has 0 fully saturated rings. The van der Waals surface area contributed by atoms with E-state index in [1.807, 2.05) is 49.7 Å². The number of para-hydroxylation sites is 1. The molecule has 0 saturated heterocycles. The lowest BCUT2D eigenvalue weighted by Gasteiger charge is -2.16. The summed E-state index contributed by atoms with van der Waals surface area (Å²) in [5.74, 6) is -1.16. The van der Waals surface area contributed by atoms with Gasteiger partial charge in [-0.25, -0.2) is 4.79 Å². The smallest absolute Gasteiger partial charge is 0.326 e. The van der Waals surface area contributed by atoms with Crippen LogP contribution < -0.4 is 5.32 Å². The molecule has 0 radical (unpaired) electrons. The molecule has 1 amide bonds. The Balaban J connectivity index is 2.28. The molecule has 1 unspecified atom stereocenters. The molecule has 112 valence electrons. The van der Waals surface area contributed by atoms with Crippen molar-refractivity contribution >= 4 is 22.8 Å². The average molecular weight is 288 g/mol. The van der Waals surface area contributed by atoms with E-state index in [1.54, 1.807) is 6.20 Å². The maximum atomic E-state index is 12.4. The van der Waals surface area contributed by atoms with Crippen LogP contribution in [0.1, 0.15) is 30.6 Å². The minimum absolute atomic E-state index is 0.193. The first kappa shape index (κ1) is 15.1. The van der Waals surface area contributed by atoms with Gasteiger partial charge in [0.2, 0.25) is 0 Å². The number of carbonyl (C=O) groups is 2. The Morgan fingerprint density at radius 2 is 1.95 bits per heavy atom. The van der Waals surface area contributed by atoms with Crippen LogP contribution in [0.4, 0.5) is 0 Å². The van der Waals surface area contributed by atoms with Crippen molar-refractivity contribution in [2.45, 2.75) is 26.3 Å². The van der Waals surface area contributed by atoms with Crippen molar-refractivity contribution in [2.24, 2.45) is 13.0 Å². The molecule has 21 heavy (non-hydrogen) atoms. The zero-order valence-electron chi connectivity index (χ0n) is 12.5. The summed E-state index contributed by atoms with van der Waals surface area (Å²) in [5.41, 5.74) is 1.45. The Bertz CT molecular complexity index is 673. The summed E-state index contributed by atoms with van der Waals surface area (Å²) in [7, 11) is 1.86. The first-order valence-electron chi connectivity index (χ1n) is 6.98. The average Bonchev–Trinajstić information content (AvgIpc) is 2.75. The fraction of sp³-hybridized carbons (Fsp3) is 0.375. The molecule has 0 spiro atoms. The number of aromatic nitrogens is 1. The van der Waals surface area contributed by atoms with E-state index in [9.17, 15) is 14.7 Å². The standard InChI is InChI=1S/C16H20N2O3/c1-10(2)8-13(16(20)21)17-15(19)12-9-18(3)14-7-5-4-6-11(12)14/h4-7,9-10,13H,8H2,1-3H3,(H,17,19)(H,20,21). The number of hydrogen-bond donors (Lipinski definition) is 2. The van der Waals surface area contributed by atoms with E-state index in [4.69, 9.17) is 0 Å². The monoisotopic (exact) mass is 288 g/mol. The van der Waals surface area contributed by atoms with Gasteiger partial charge in [0, 0.05) is 24.1 Å². The highest BCUT2D eigenvalue weighted by Crippen LogP contribution is 2.20. The van der Waals surface area contributed by atoms with Gasteiger partial charge < -0.3 is 15.0 Å². The minimum atomic E-state index is -1.00. The summed E-state index contributed by atoms with van der Waals surface area (Å²) >= 11 is 0. The number of benzene rings is 1. The first-order valence-corrected chi connectivity index (χ1v) is 6.98. The molecule has 1 heterocycles. The van der Waals surface area contributed by atoms with Gasteiger partial charge in [-0.2, -0.15) is 0 Å². The number of amides is 1. The topological polar surface area (TPSA) is 71.3 Å². The van der Waals surface area contributed by atoms with E-state index in [0.29, 0.717) is 12.0 Å². The molecule has 2 aromatic rings. The number of aryl methyl sites for hydroxylation is 1. The molecule has 1 aromatic heterocycles. The Labute approximate surface area is 123 Å². The van der Waals surface area contributed by atoms with Gasteiger partial charge in [0.1, 0.15) is 6.04 Å². The summed E-state index contributed by atoms with van der Waals surface area (Å²) in [6.07, 6.45) is 2.14. The van der Waals surface area contributed by atoms with E-state index < -0.39 is 12.0 Å². The predicted octanol–water partition coefficient (Wildman–Crippen LogP) is 2.41. The Morgan fingerprint density at radius 3 is 2.57 bits per heavy atom. The minimum Gasteiger partial charge on any atom is -0.480 e. The highest BCUT2D eigenvalue weighted by Gasteiger charge is 2.23. The second-order valence-electron chi connectivity index (χ2n) is 5.66. The first-order chi connectivity index (χ1) is 9.90. The van der Waals surface area contributed by atoms with Gasteiger partial charge in [0.25, 0.3) is 5.91 Å². The summed E-state index contributed by atoms with van der Waals surface area (Å²) in [4.78, 5) is 23.6. The lowest BCUT2D eigenvalue weighted by atomic mass is 10.0. The highest BCUT2D eigenvalue weighted by atomic mass is 16.4. The molecule has 0 aliphatic rings. The zero-order valence-corrected chi connectivity index (χ0v) is 12.5. The molecule has 5 nitrogen and oxygen atoms in total. The maximum absolute atomic E-state index is 12.4. The van der Waals surface area contributed by atoms with Gasteiger partial charge in [-0.05, 0) is 18.4 Å². The Morgan fingerprint density at radius 1 is 1.29 bits per heavy atom. The molecule has 0 bridgehead atoms. The zero-order chi connectivity index (χ0) is 15.6. The number of aliphatic carboxylic acids is 1. The van der Waals surface area contributed by atoms with Crippen molar-refractivity contribution in [1.29, 1.82) is 0 Å². The molecule has 2 N–H and O–H groups in total. The number of hydrogen-bond acceptors (Lipinski definition) is 2. The molecule has 1 atom stereocenters. The van der Waals surface area contributed by atoms with Gasteiger partial charge in [0.15, 0.2) is 0 Å². The Hall–Kier alpha value is -2.30. The summed E-state index contributed by atoms with van der Waals surface area (Å²) in [6, 6.07) is 6.69. The number of carboxylic acid groups (broad SMARTS) is 1. The lowest BCUT2D eigenvalue weighted by Crippen LogP contribution is -2.41. The fourth-order valence-corrected chi connectivity index (χ4v) is 2.45. The number of rotatable bonds is 5. The molecule has 1 aromatic carbocycles. The Kier molecular flexibility index (Phi) is 4.31. The number of carbonyl (C=O) groups excluding carboxylic acids is 1. The van der Waals surface area contributed by atoms with E-state index in [1.165, 1.54) is 0 Å². The summed E-state index contributed by atoms with van der Waals surface area (Å²) in [5, 5.41) is 12.7. The van der Waals surface area contributed by atoms with Crippen molar-refractivity contribution < 1.29 is 14.7 Å². The van der Waals surface area contributed by atoms with Crippen LogP contribution >= 0.6 is 0 Å². The van der Waals surface area contributed by atoms with Crippen molar-refractivity contribution in [2.75, 3.05) is 0 Å². The van der Waals surface area contributed by atoms with Crippen LogP contribution in [-0.2, 0) is 11.8 Å².